The molecule has 0 spiro atoms. The number of anilines is 1. The number of nitrogens with one attached hydrogen (secondary N) is 1. The molecular formula is C28H25Cl2NO3. The van der Waals surface area contributed by atoms with Crippen molar-refractivity contribution < 1.29 is 14.2 Å². The van der Waals surface area contributed by atoms with Crippen molar-refractivity contribution in [1.29, 1.82) is 0 Å². The van der Waals surface area contributed by atoms with Crippen LogP contribution in [0.5, 0.6) is 23.0 Å². The molecule has 0 aromatic heterocycles. The predicted octanol–water partition coefficient (Wildman–Crippen LogP) is 8.38. The molecule has 0 bridgehead atoms. The highest BCUT2D eigenvalue weighted by Crippen LogP contribution is 2.38. The van der Waals surface area contributed by atoms with Gasteiger partial charge in [-0.3, -0.25) is 0 Å². The summed E-state index contributed by atoms with van der Waals surface area (Å²) >= 11 is 12.8. The molecule has 4 aromatic carbocycles. The molecule has 0 aliphatic carbocycles. The van der Waals surface area contributed by atoms with Crippen molar-refractivity contribution in [2.45, 2.75) is 20.1 Å². The molecule has 0 amide bonds. The number of para-hydroxylation sites is 1. The Morgan fingerprint density at radius 1 is 0.735 bits per heavy atom. The third-order valence-electron chi connectivity index (χ3n) is 5.03. The number of hydrogen-bond acceptors (Lipinski definition) is 4. The van der Waals surface area contributed by atoms with Gasteiger partial charge in [-0.05, 0) is 67.1 Å². The number of halogens is 2. The summed E-state index contributed by atoms with van der Waals surface area (Å²) in [5, 5.41) is 4.54. The van der Waals surface area contributed by atoms with Gasteiger partial charge in [0.2, 0.25) is 0 Å². The van der Waals surface area contributed by atoms with Gasteiger partial charge in [-0.15, -0.1) is 0 Å². The van der Waals surface area contributed by atoms with Crippen LogP contribution in [0.4, 0.5) is 5.69 Å². The van der Waals surface area contributed by atoms with Gasteiger partial charge in [0.1, 0.15) is 18.1 Å². The van der Waals surface area contributed by atoms with Crippen molar-refractivity contribution in [3.8, 4) is 23.0 Å². The zero-order chi connectivity index (χ0) is 23.8. The maximum atomic E-state index is 6.57. The molecule has 0 fully saturated rings. The van der Waals surface area contributed by atoms with Gasteiger partial charge in [0, 0.05) is 22.8 Å². The van der Waals surface area contributed by atoms with Crippen LogP contribution in [0.1, 0.15) is 18.1 Å². The fourth-order valence-electron chi connectivity index (χ4n) is 3.36. The quantitative estimate of drug-likeness (QED) is 0.240. The fourth-order valence-corrected chi connectivity index (χ4v) is 3.84. The monoisotopic (exact) mass is 493 g/mol. The third-order valence-corrected chi connectivity index (χ3v) is 5.68. The Kier molecular flexibility index (Phi) is 8.18. The highest BCUT2D eigenvalue weighted by Gasteiger charge is 2.14. The van der Waals surface area contributed by atoms with E-state index < -0.39 is 0 Å². The van der Waals surface area contributed by atoms with E-state index in [0.29, 0.717) is 41.3 Å². The molecule has 0 aliphatic heterocycles. The van der Waals surface area contributed by atoms with Crippen LogP contribution in [0.2, 0.25) is 10.0 Å². The molecule has 0 unspecified atom stereocenters. The van der Waals surface area contributed by atoms with Crippen LogP contribution >= 0.6 is 23.2 Å². The first-order valence-corrected chi connectivity index (χ1v) is 11.8. The van der Waals surface area contributed by atoms with Crippen molar-refractivity contribution >= 4 is 28.9 Å². The Bertz CT molecular complexity index is 1210. The van der Waals surface area contributed by atoms with Crippen LogP contribution < -0.4 is 19.5 Å². The Balaban J connectivity index is 1.41. The summed E-state index contributed by atoms with van der Waals surface area (Å²) in [6, 6.07) is 28.9. The van der Waals surface area contributed by atoms with Crippen LogP contribution in [0.15, 0.2) is 91.0 Å². The SMILES string of the molecule is CCOc1cc(CNc2ccc(Oc3ccccc3)cc2)cc(Cl)c1OCc1ccccc1Cl. The van der Waals surface area contributed by atoms with Crippen molar-refractivity contribution in [1.82, 2.24) is 0 Å². The molecule has 0 saturated carbocycles. The minimum atomic E-state index is 0.300. The van der Waals surface area contributed by atoms with E-state index in [9.17, 15) is 0 Å². The molecule has 1 N–H and O–H groups in total. The molecule has 4 rings (SSSR count). The first-order valence-electron chi connectivity index (χ1n) is 11.0. The number of hydrogen-bond donors (Lipinski definition) is 1. The lowest BCUT2D eigenvalue weighted by molar-refractivity contribution is 0.269. The van der Waals surface area contributed by atoms with Crippen molar-refractivity contribution in [3.05, 3.63) is 112 Å². The zero-order valence-electron chi connectivity index (χ0n) is 18.8. The fraction of sp³-hybridized carbons (Fsp3) is 0.143. The van der Waals surface area contributed by atoms with Crippen LogP contribution in [0.25, 0.3) is 0 Å². The predicted molar refractivity (Wildman–Crippen MR) is 139 cm³/mol. The largest absolute Gasteiger partial charge is 0.490 e. The summed E-state index contributed by atoms with van der Waals surface area (Å²) in [5.74, 6) is 2.69. The smallest absolute Gasteiger partial charge is 0.180 e. The minimum absolute atomic E-state index is 0.300. The maximum absolute atomic E-state index is 6.57. The average Bonchev–Trinajstić information content (AvgIpc) is 2.85. The molecule has 4 aromatic rings. The molecule has 34 heavy (non-hydrogen) atoms. The third kappa shape index (κ3) is 6.37. The van der Waals surface area contributed by atoms with Crippen molar-refractivity contribution in [2.24, 2.45) is 0 Å². The molecule has 0 atom stereocenters. The second-order valence-corrected chi connectivity index (χ2v) is 8.33. The summed E-state index contributed by atoms with van der Waals surface area (Å²) < 4.78 is 17.7. The zero-order valence-corrected chi connectivity index (χ0v) is 20.3. The van der Waals surface area contributed by atoms with Gasteiger partial charge in [-0.2, -0.15) is 0 Å². The first kappa shape index (κ1) is 23.8. The van der Waals surface area contributed by atoms with Crippen LogP contribution in [0.3, 0.4) is 0 Å². The first-order chi connectivity index (χ1) is 16.6. The summed E-state index contributed by atoms with van der Waals surface area (Å²) in [4.78, 5) is 0. The van der Waals surface area contributed by atoms with Gasteiger partial charge in [-0.25, -0.2) is 0 Å². The van der Waals surface area contributed by atoms with E-state index in [1.165, 1.54) is 0 Å². The van der Waals surface area contributed by atoms with Crippen LogP contribution in [-0.4, -0.2) is 6.61 Å². The highest BCUT2D eigenvalue weighted by molar-refractivity contribution is 6.32. The lowest BCUT2D eigenvalue weighted by atomic mass is 10.2. The van der Waals surface area contributed by atoms with E-state index in [1.807, 2.05) is 97.9 Å². The normalized spacial score (nSPS) is 10.6. The molecule has 4 nitrogen and oxygen atoms in total. The minimum Gasteiger partial charge on any atom is -0.490 e. The molecule has 0 aliphatic rings. The van der Waals surface area contributed by atoms with E-state index in [2.05, 4.69) is 5.32 Å². The van der Waals surface area contributed by atoms with Gasteiger partial charge in [-0.1, -0.05) is 59.6 Å². The maximum Gasteiger partial charge on any atom is 0.180 e. The lowest BCUT2D eigenvalue weighted by Gasteiger charge is -2.16. The summed E-state index contributed by atoms with van der Waals surface area (Å²) in [6.07, 6.45) is 0. The Hall–Kier alpha value is -3.34. The number of rotatable bonds is 10. The molecule has 6 heteroatoms. The van der Waals surface area contributed by atoms with Gasteiger partial charge in [0.25, 0.3) is 0 Å². The van der Waals surface area contributed by atoms with E-state index >= 15 is 0 Å². The molecular weight excluding hydrogens is 469 g/mol. The number of ether oxygens (including phenoxy) is 3. The summed E-state index contributed by atoms with van der Waals surface area (Å²) in [5.41, 5.74) is 2.82. The Labute approximate surface area is 210 Å². The van der Waals surface area contributed by atoms with Gasteiger partial charge < -0.3 is 19.5 Å². The highest BCUT2D eigenvalue weighted by atomic mass is 35.5. The summed E-state index contributed by atoms with van der Waals surface area (Å²) in [7, 11) is 0. The Morgan fingerprint density at radius 3 is 2.18 bits per heavy atom. The Morgan fingerprint density at radius 2 is 1.44 bits per heavy atom. The second-order valence-electron chi connectivity index (χ2n) is 7.51. The molecule has 174 valence electrons. The lowest BCUT2D eigenvalue weighted by Crippen LogP contribution is -2.04. The van der Waals surface area contributed by atoms with Gasteiger partial charge in [0.15, 0.2) is 11.5 Å². The number of benzene rings is 4. The molecule has 0 radical (unpaired) electrons. The van der Waals surface area contributed by atoms with E-state index in [1.54, 1.807) is 0 Å². The topological polar surface area (TPSA) is 39.7 Å². The van der Waals surface area contributed by atoms with E-state index in [0.717, 1.165) is 28.3 Å². The van der Waals surface area contributed by atoms with Crippen LogP contribution in [-0.2, 0) is 13.2 Å². The van der Waals surface area contributed by atoms with Gasteiger partial charge >= 0.3 is 0 Å². The molecule has 0 heterocycles. The van der Waals surface area contributed by atoms with Crippen LogP contribution in [0, 0.1) is 0 Å². The summed E-state index contributed by atoms with van der Waals surface area (Å²) in [6.45, 7) is 3.30. The standard InChI is InChI=1S/C28H25Cl2NO3/c1-2-32-27-17-20(16-26(30)28(27)33-19-21-8-6-7-11-25(21)29)18-31-22-12-14-24(15-13-22)34-23-9-4-3-5-10-23/h3-17,31H,2,18-19H2,1H3. The average molecular weight is 494 g/mol. The molecule has 0 saturated heterocycles. The second kappa shape index (κ2) is 11.7. The van der Waals surface area contributed by atoms with E-state index in [-0.39, 0.29) is 0 Å². The van der Waals surface area contributed by atoms with E-state index in [4.69, 9.17) is 37.4 Å². The van der Waals surface area contributed by atoms with Crippen molar-refractivity contribution in [2.75, 3.05) is 11.9 Å². The van der Waals surface area contributed by atoms with Gasteiger partial charge in [0.05, 0.1) is 11.6 Å². The van der Waals surface area contributed by atoms with Crippen molar-refractivity contribution in [3.63, 3.8) is 0 Å².